The van der Waals surface area contributed by atoms with Crippen LogP contribution in [0.1, 0.15) is 51.9 Å². The zero-order valence-corrected chi connectivity index (χ0v) is 13.8. The molecule has 0 radical (unpaired) electrons. The van der Waals surface area contributed by atoms with Gasteiger partial charge in [-0.3, -0.25) is 9.79 Å². The first-order chi connectivity index (χ1) is 10.2. The molecule has 5 heteroatoms. The van der Waals surface area contributed by atoms with E-state index in [4.69, 9.17) is 0 Å². The summed E-state index contributed by atoms with van der Waals surface area (Å²) >= 11 is 0. The number of nitrogens with zero attached hydrogens (tertiary/aromatic N) is 3. The van der Waals surface area contributed by atoms with E-state index in [0.29, 0.717) is 11.2 Å². The van der Waals surface area contributed by atoms with Crippen molar-refractivity contribution in [2.75, 3.05) is 0 Å². The van der Waals surface area contributed by atoms with Crippen molar-refractivity contribution in [1.82, 2.24) is 15.0 Å². The van der Waals surface area contributed by atoms with Gasteiger partial charge in [-0.25, -0.2) is 9.97 Å². The summed E-state index contributed by atoms with van der Waals surface area (Å²) in [6.45, 7) is 14.7. The van der Waals surface area contributed by atoms with E-state index < -0.39 is 0 Å². The van der Waals surface area contributed by atoms with Gasteiger partial charge in [0.2, 0.25) is 0 Å². The van der Waals surface area contributed by atoms with Gasteiger partial charge in [-0.05, 0) is 19.9 Å². The van der Waals surface area contributed by atoms with Crippen molar-refractivity contribution in [2.45, 2.75) is 41.5 Å². The van der Waals surface area contributed by atoms with E-state index >= 15 is 0 Å². The Morgan fingerprint density at radius 3 is 2.33 bits per heavy atom. The van der Waals surface area contributed by atoms with E-state index in [-0.39, 0.29) is 5.78 Å². The summed E-state index contributed by atoms with van der Waals surface area (Å²) < 4.78 is 0. The number of H-pyrrole nitrogens is 1. The monoisotopic (exact) mass is 290 g/mol. The van der Waals surface area contributed by atoms with Gasteiger partial charge in [0, 0.05) is 24.2 Å². The second-order valence-electron chi connectivity index (χ2n) is 3.14. The van der Waals surface area contributed by atoms with Crippen LogP contribution in [0.5, 0.6) is 0 Å². The number of imidazole rings is 1. The summed E-state index contributed by atoms with van der Waals surface area (Å²) in [5, 5.41) is 0. The van der Waals surface area contributed by atoms with Gasteiger partial charge in [-0.1, -0.05) is 34.3 Å². The quantitative estimate of drug-likeness (QED) is 0.656. The van der Waals surface area contributed by atoms with Gasteiger partial charge in [0.05, 0.1) is 11.8 Å². The molecule has 0 amide bonds. The number of hydrogen-bond donors (Lipinski definition) is 1. The molecule has 0 saturated carbocycles. The minimum absolute atomic E-state index is 0.0130. The van der Waals surface area contributed by atoms with Gasteiger partial charge in [-0.15, -0.1) is 0 Å². The van der Waals surface area contributed by atoms with Gasteiger partial charge in [0.15, 0.2) is 11.4 Å². The summed E-state index contributed by atoms with van der Waals surface area (Å²) in [5.41, 5.74) is 2.04. The second-order valence-corrected chi connectivity index (χ2v) is 3.14. The Morgan fingerprint density at radius 2 is 1.90 bits per heavy atom. The summed E-state index contributed by atoms with van der Waals surface area (Å²) in [7, 11) is 0. The average Bonchev–Trinajstić information content (AvgIpc) is 3.00. The predicted octanol–water partition coefficient (Wildman–Crippen LogP) is 4.43. The normalized spacial score (nSPS) is 8.67. The third-order valence-electron chi connectivity index (χ3n) is 1.93. The van der Waals surface area contributed by atoms with E-state index in [9.17, 15) is 4.79 Å². The Kier molecular flexibility index (Phi) is 14.1. The van der Waals surface area contributed by atoms with E-state index in [1.807, 2.05) is 34.6 Å². The lowest BCUT2D eigenvalue weighted by atomic mass is 10.2. The first-order valence-electron chi connectivity index (χ1n) is 7.07. The van der Waals surface area contributed by atoms with Gasteiger partial charge in [0.25, 0.3) is 0 Å². The van der Waals surface area contributed by atoms with Crippen LogP contribution < -0.4 is 0 Å². The van der Waals surface area contributed by atoms with Crippen LogP contribution in [0.2, 0.25) is 0 Å². The SMILES string of the molecule is C=CN=CC.CC.CC.CC(=O)c1cnc2nc[nH]c2c1. The number of aliphatic imine (C=N–C) groups is 1. The van der Waals surface area contributed by atoms with Crippen LogP contribution in [-0.2, 0) is 0 Å². The molecular formula is C16H26N4O. The summed E-state index contributed by atoms with van der Waals surface area (Å²) in [4.78, 5) is 25.4. The van der Waals surface area contributed by atoms with Gasteiger partial charge in [0.1, 0.15) is 0 Å². The maximum absolute atomic E-state index is 10.9. The number of carbonyl (C=O) groups is 1. The molecule has 2 rings (SSSR count). The van der Waals surface area contributed by atoms with Crippen LogP contribution in [0.25, 0.3) is 11.2 Å². The van der Waals surface area contributed by atoms with Crippen LogP contribution in [0.15, 0.2) is 36.4 Å². The molecule has 0 bridgehead atoms. The van der Waals surface area contributed by atoms with Gasteiger partial charge >= 0.3 is 0 Å². The lowest BCUT2D eigenvalue weighted by Gasteiger charge is -1.92. The molecular weight excluding hydrogens is 264 g/mol. The number of fused-ring (bicyclic) bond motifs is 1. The van der Waals surface area contributed by atoms with Crippen LogP contribution in [0.3, 0.4) is 0 Å². The molecule has 0 unspecified atom stereocenters. The van der Waals surface area contributed by atoms with Crippen LogP contribution in [0, 0.1) is 0 Å². The van der Waals surface area contributed by atoms with E-state index in [1.165, 1.54) is 19.3 Å². The molecule has 116 valence electrons. The molecule has 2 aromatic rings. The standard InChI is InChI=1S/C8H7N3O.C4H7N.2C2H6/c1-5(12)6-2-7-8(9-3-6)11-4-10-7;1-3-5-4-2;2*1-2/h2-4H,1H3,(H,9,10,11);3-4H,1H2,2H3;2*1-2H3. The second kappa shape index (κ2) is 14.1. The number of ketones is 1. The topological polar surface area (TPSA) is 71.0 Å². The smallest absolute Gasteiger partial charge is 0.177 e. The highest BCUT2D eigenvalue weighted by atomic mass is 16.1. The van der Waals surface area contributed by atoms with E-state index in [2.05, 4.69) is 26.5 Å². The van der Waals surface area contributed by atoms with Crippen molar-refractivity contribution in [3.63, 3.8) is 0 Å². The number of rotatable bonds is 2. The molecule has 0 saturated heterocycles. The van der Waals surface area contributed by atoms with Crippen LogP contribution >= 0.6 is 0 Å². The zero-order chi connectivity index (χ0) is 16.7. The van der Waals surface area contributed by atoms with Crippen molar-refractivity contribution in [2.24, 2.45) is 4.99 Å². The molecule has 5 nitrogen and oxygen atoms in total. The third-order valence-corrected chi connectivity index (χ3v) is 1.93. The minimum Gasteiger partial charge on any atom is -0.343 e. The molecule has 2 aromatic heterocycles. The molecule has 0 atom stereocenters. The maximum atomic E-state index is 10.9. The molecule has 0 fully saturated rings. The molecule has 21 heavy (non-hydrogen) atoms. The fraction of sp³-hybridized carbons (Fsp3) is 0.375. The number of Topliss-reactive ketones (excluding diaryl/α,β-unsaturated/α-hetero) is 1. The molecule has 2 heterocycles. The number of carbonyl (C=O) groups excluding carboxylic acids is 1. The van der Waals surface area contributed by atoms with Crippen molar-refractivity contribution in [1.29, 1.82) is 0 Å². The lowest BCUT2D eigenvalue weighted by molar-refractivity contribution is 0.101. The average molecular weight is 290 g/mol. The third kappa shape index (κ3) is 8.47. The van der Waals surface area contributed by atoms with Crippen molar-refractivity contribution in [3.8, 4) is 0 Å². The molecule has 0 spiro atoms. The zero-order valence-electron chi connectivity index (χ0n) is 13.8. The number of aromatic amines is 1. The van der Waals surface area contributed by atoms with E-state index in [0.717, 1.165) is 5.52 Å². The Labute approximate surface area is 127 Å². The highest BCUT2D eigenvalue weighted by molar-refractivity contribution is 5.96. The first kappa shape index (κ1) is 21.0. The van der Waals surface area contributed by atoms with Gasteiger partial charge < -0.3 is 4.98 Å². The van der Waals surface area contributed by atoms with Crippen LogP contribution in [-0.4, -0.2) is 26.9 Å². The summed E-state index contributed by atoms with van der Waals surface area (Å²) in [6, 6.07) is 1.75. The fourth-order valence-electron chi connectivity index (χ4n) is 1.13. The Hall–Kier alpha value is -2.30. The van der Waals surface area contributed by atoms with Crippen LogP contribution in [0.4, 0.5) is 0 Å². The molecule has 0 aromatic carbocycles. The Bertz CT molecular complexity index is 544. The number of pyridine rings is 1. The number of aromatic nitrogens is 3. The molecule has 1 N–H and O–H groups in total. The fourth-order valence-corrected chi connectivity index (χ4v) is 1.13. The summed E-state index contributed by atoms with van der Waals surface area (Å²) in [5.74, 6) is 0.0130. The highest BCUT2D eigenvalue weighted by Gasteiger charge is 2.02. The predicted molar refractivity (Wildman–Crippen MR) is 91.0 cm³/mol. The number of nitrogens with one attached hydrogen (secondary N) is 1. The first-order valence-corrected chi connectivity index (χ1v) is 7.07. The molecule has 0 aliphatic rings. The Morgan fingerprint density at radius 1 is 1.29 bits per heavy atom. The van der Waals surface area contributed by atoms with Crippen molar-refractivity contribution >= 4 is 23.2 Å². The van der Waals surface area contributed by atoms with Crippen molar-refractivity contribution in [3.05, 3.63) is 36.9 Å². The minimum atomic E-state index is 0.0130. The Balaban J connectivity index is 0. The largest absolute Gasteiger partial charge is 0.343 e. The van der Waals surface area contributed by atoms with E-state index in [1.54, 1.807) is 18.6 Å². The highest BCUT2D eigenvalue weighted by Crippen LogP contribution is 2.08. The maximum Gasteiger partial charge on any atom is 0.177 e. The molecule has 0 aliphatic heterocycles. The lowest BCUT2D eigenvalue weighted by Crippen LogP contribution is -1.92. The molecule has 0 aliphatic carbocycles. The number of hydrogen-bond acceptors (Lipinski definition) is 4. The summed E-state index contributed by atoms with van der Waals surface area (Å²) in [6.07, 6.45) is 6.28. The van der Waals surface area contributed by atoms with Crippen molar-refractivity contribution < 1.29 is 4.79 Å². The van der Waals surface area contributed by atoms with Gasteiger partial charge in [-0.2, -0.15) is 0 Å².